The normalized spacial score (nSPS) is 42.0. The molecule has 1 aliphatic rings. The Balaban J connectivity index is 2.26. The first-order valence-corrected chi connectivity index (χ1v) is 2.02. The lowest BCUT2D eigenvalue weighted by Gasteiger charge is -2.09. The number of hydrogen-bond acceptors (Lipinski definition) is 3. The molecule has 0 saturated carbocycles. The van der Waals surface area contributed by atoms with E-state index in [0.717, 1.165) is 0 Å². The van der Waals surface area contributed by atoms with Crippen molar-refractivity contribution in [1.82, 2.24) is 0 Å². The molecule has 5 heteroatoms. The summed E-state index contributed by atoms with van der Waals surface area (Å²) in [7, 11) is 0. The zero-order chi connectivity index (χ0) is 5.28. The van der Waals surface area contributed by atoms with E-state index >= 15 is 0 Å². The molecule has 1 fully saturated rings. The van der Waals surface area contributed by atoms with Gasteiger partial charge in [-0.05, 0) is 4.94 Å². The molecule has 0 aromatic carbocycles. The second-order valence-electron chi connectivity index (χ2n) is 1.35. The summed E-state index contributed by atoms with van der Waals surface area (Å²) in [6, 6.07) is 0. The van der Waals surface area contributed by atoms with Crippen molar-refractivity contribution in [2.75, 3.05) is 13.1 Å². The molecule has 1 rings (SSSR count). The Hall–Kier alpha value is -0.200. The average molecular weight is 106 g/mol. The Kier molecular flexibility index (Phi) is 1.22. The van der Waals surface area contributed by atoms with Crippen molar-refractivity contribution in [2.24, 2.45) is 0 Å². The third-order valence-corrected chi connectivity index (χ3v) is 0.761. The highest BCUT2D eigenvalue weighted by Crippen LogP contribution is 1.49. The topological polar surface area (TPSA) is 64.2 Å². The van der Waals surface area contributed by atoms with Crippen molar-refractivity contribution < 1.29 is 15.4 Å². The zero-order valence-electron chi connectivity index (χ0n) is 3.64. The monoisotopic (exact) mass is 106 g/mol. The van der Waals surface area contributed by atoms with E-state index in [1.165, 1.54) is 0 Å². The van der Waals surface area contributed by atoms with Crippen LogP contribution in [-0.2, 0) is 4.94 Å². The molecule has 0 aromatic heterocycles. The lowest BCUT2D eigenvalue weighted by atomic mass is 10.7. The quantitative estimate of drug-likeness (QED) is 0.316. The molecule has 2 N–H and O–H groups in total. The van der Waals surface area contributed by atoms with Crippen molar-refractivity contribution in [2.45, 2.75) is 0 Å². The minimum absolute atomic E-state index is 0.263. The molecule has 0 aromatic rings. The molecule has 0 amide bonds. The van der Waals surface area contributed by atoms with Gasteiger partial charge in [0.2, 0.25) is 0 Å². The average Bonchev–Trinajstić information content (AvgIpc) is 1.87. The first kappa shape index (κ1) is 4.95. The predicted octanol–water partition coefficient (Wildman–Crippen LogP) is -3.39. The fourth-order valence-electron chi connectivity index (χ4n) is 0.433. The van der Waals surface area contributed by atoms with Gasteiger partial charge in [-0.15, -0.1) is 0 Å². The third kappa shape index (κ3) is 1.08. The molecule has 1 aliphatic heterocycles. The highest BCUT2D eigenvalue weighted by molar-refractivity contribution is 4.19. The molecular formula is C2H6N2O3. The van der Waals surface area contributed by atoms with Crippen LogP contribution in [0.1, 0.15) is 0 Å². The van der Waals surface area contributed by atoms with Gasteiger partial charge in [0.05, 0.1) is 0 Å². The predicted molar refractivity (Wildman–Crippen MR) is 19.5 cm³/mol. The van der Waals surface area contributed by atoms with E-state index in [2.05, 4.69) is 4.94 Å². The van der Waals surface area contributed by atoms with E-state index in [4.69, 9.17) is 0 Å². The number of quaternary nitrogens is 2. The van der Waals surface area contributed by atoms with E-state index < -0.39 is 10.5 Å². The van der Waals surface area contributed by atoms with Crippen LogP contribution in [0.5, 0.6) is 0 Å². The van der Waals surface area contributed by atoms with Crippen LogP contribution in [0, 0.1) is 10.4 Å². The van der Waals surface area contributed by atoms with Gasteiger partial charge in [0.15, 0.2) is 13.1 Å². The van der Waals surface area contributed by atoms with Gasteiger partial charge in [0.1, 0.15) is 0 Å². The van der Waals surface area contributed by atoms with Crippen LogP contribution in [0.3, 0.4) is 0 Å². The molecule has 0 radical (unpaired) electrons. The lowest BCUT2D eigenvalue weighted by molar-refractivity contribution is -1.27. The van der Waals surface area contributed by atoms with Crippen molar-refractivity contribution >= 4 is 0 Å². The first-order valence-electron chi connectivity index (χ1n) is 2.02. The Labute approximate surface area is 40.1 Å². The summed E-state index contributed by atoms with van der Waals surface area (Å²) in [5.74, 6) is 0. The molecule has 0 aliphatic carbocycles. The Morgan fingerprint density at radius 1 is 1.14 bits per heavy atom. The second-order valence-corrected chi connectivity index (χ2v) is 1.35. The van der Waals surface area contributed by atoms with Crippen LogP contribution in [0.15, 0.2) is 0 Å². The van der Waals surface area contributed by atoms with E-state index in [-0.39, 0.29) is 13.1 Å². The molecule has 42 valence electrons. The summed E-state index contributed by atoms with van der Waals surface area (Å²) < 4.78 is 0. The fraction of sp³-hybridized carbons (Fsp3) is 1.00. The summed E-state index contributed by atoms with van der Waals surface area (Å²) >= 11 is 0. The SMILES string of the molecule is [O-][NH+]1CC[NH+]([O-])O1. The van der Waals surface area contributed by atoms with Gasteiger partial charge in [0, 0.05) is 0 Å². The molecule has 7 heavy (non-hydrogen) atoms. The van der Waals surface area contributed by atoms with Crippen LogP contribution in [-0.4, -0.2) is 13.1 Å². The van der Waals surface area contributed by atoms with Gasteiger partial charge in [-0.3, -0.25) is 0 Å². The smallest absolute Gasteiger partial charge is 0.164 e. The molecular weight excluding hydrogens is 100 g/mol. The molecule has 0 spiro atoms. The van der Waals surface area contributed by atoms with E-state index in [1.807, 2.05) is 0 Å². The van der Waals surface area contributed by atoms with Crippen LogP contribution >= 0.6 is 0 Å². The van der Waals surface area contributed by atoms with Crippen molar-refractivity contribution in [1.29, 1.82) is 0 Å². The van der Waals surface area contributed by atoms with Crippen LogP contribution in [0.25, 0.3) is 0 Å². The number of hydrogen-bond donors (Lipinski definition) is 2. The third-order valence-electron chi connectivity index (χ3n) is 0.761. The molecule has 0 bridgehead atoms. The molecule has 1 saturated heterocycles. The van der Waals surface area contributed by atoms with Gasteiger partial charge < -0.3 is 10.4 Å². The highest BCUT2D eigenvalue weighted by Gasteiger charge is 2.15. The van der Waals surface area contributed by atoms with Crippen molar-refractivity contribution in [3.05, 3.63) is 10.4 Å². The standard InChI is InChI=1S/C2H6N2O3/c5-3-1-2-4(6)7-3/h3-4H,1-2H2. The summed E-state index contributed by atoms with van der Waals surface area (Å²) in [5, 5.41) is 19.2. The summed E-state index contributed by atoms with van der Waals surface area (Å²) in [4.78, 5) is 4.08. The minimum atomic E-state index is -0.398. The number of nitrogens with one attached hydrogen (secondary N) is 2. The maximum absolute atomic E-state index is 10.0. The molecule has 1 heterocycles. The van der Waals surface area contributed by atoms with Gasteiger partial charge in [-0.25, -0.2) is 0 Å². The highest BCUT2D eigenvalue weighted by atomic mass is 17.1. The van der Waals surface area contributed by atoms with Gasteiger partial charge in [0.25, 0.3) is 0 Å². The van der Waals surface area contributed by atoms with E-state index in [9.17, 15) is 10.4 Å². The largest absolute Gasteiger partial charge is 0.595 e. The first-order chi connectivity index (χ1) is 3.29. The lowest BCUT2D eigenvalue weighted by Crippen LogP contribution is -3.16. The fourth-order valence-corrected chi connectivity index (χ4v) is 0.433. The van der Waals surface area contributed by atoms with E-state index in [0.29, 0.717) is 0 Å². The molecule has 2 atom stereocenters. The zero-order valence-corrected chi connectivity index (χ0v) is 3.64. The molecule has 5 nitrogen and oxygen atoms in total. The van der Waals surface area contributed by atoms with Gasteiger partial charge >= 0.3 is 0 Å². The van der Waals surface area contributed by atoms with Crippen molar-refractivity contribution in [3.63, 3.8) is 0 Å². The van der Waals surface area contributed by atoms with Gasteiger partial charge in [-0.2, -0.15) is 10.5 Å². The maximum Gasteiger partial charge on any atom is 0.164 e. The Morgan fingerprint density at radius 3 is 1.71 bits per heavy atom. The Bertz CT molecular complexity index is 60.0. The Morgan fingerprint density at radius 2 is 1.57 bits per heavy atom. The van der Waals surface area contributed by atoms with Crippen LogP contribution in [0.2, 0.25) is 0 Å². The van der Waals surface area contributed by atoms with Crippen molar-refractivity contribution in [3.8, 4) is 0 Å². The van der Waals surface area contributed by atoms with E-state index in [1.54, 1.807) is 0 Å². The van der Waals surface area contributed by atoms with Crippen LogP contribution < -0.4 is 10.5 Å². The molecule has 2 unspecified atom stereocenters. The maximum atomic E-state index is 10.0. The summed E-state index contributed by atoms with van der Waals surface area (Å²) in [6.07, 6.45) is 0. The number of hydroxylamine groups is 4. The van der Waals surface area contributed by atoms with Crippen LogP contribution in [0.4, 0.5) is 0 Å². The van der Waals surface area contributed by atoms with Gasteiger partial charge in [-0.1, -0.05) is 0 Å². The summed E-state index contributed by atoms with van der Waals surface area (Å²) in [5.41, 5.74) is 0. The summed E-state index contributed by atoms with van der Waals surface area (Å²) in [6.45, 7) is 0.525. The number of rotatable bonds is 0. The second kappa shape index (κ2) is 1.73. The minimum Gasteiger partial charge on any atom is -0.595 e.